The van der Waals surface area contributed by atoms with Gasteiger partial charge in [-0.3, -0.25) is 32.4 Å². The monoisotopic (exact) mass is 583 g/mol. The molecular formula is C13H21ClN5O13P3. The van der Waals surface area contributed by atoms with Crippen LogP contribution < -0.4 is 11.3 Å². The van der Waals surface area contributed by atoms with Crippen LogP contribution in [0.1, 0.15) is 6.23 Å². The predicted octanol–water partition coefficient (Wildman–Crippen LogP) is 0.873. The van der Waals surface area contributed by atoms with Gasteiger partial charge < -0.3 is 20.5 Å². The highest BCUT2D eigenvalue weighted by atomic mass is 35.5. The number of nitrogens with one attached hydrogen (secondary N) is 1. The molecule has 2 aromatic rings. The summed E-state index contributed by atoms with van der Waals surface area (Å²) in [5.74, 6) is -0.205. The molecule has 0 spiro atoms. The van der Waals surface area contributed by atoms with Gasteiger partial charge in [0.15, 0.2) is 17.4 Å². The zero-order valence-electron chi connectivity index (χ0n) is 18.1. The zero-order chi connectivity index (χ0) is 26.2. The molecular weight excluding hydrogens is 563 g/mol. The van der Waals surface area contributed by atoms with Crippen molar-refractivity contribution in [1.82, 2.24) is 19.5 Å². The number of alkyl halides is 1. The number of aliphatic hydroxyl groups excluding tert-OH is 1. The Morgan fingerprint density at radius 2 is 1.83 bits per heavy atom. The number of nitrogens with two attached hydrogens (primary N) is 1. The van der Waals surface area contributed by atoms with Gasteiger partial charge in [0, 0.05) is 21.3 Å². The highest BCUT2D eigenvalue weighted by Gasteiger charge is 2.48. The number of phosphoric ester groups is 2. The predicted molar refractivity (Wildman–Crippen MR) is 116 cm³/mol. The molecule has 3 heterocycles. The molecule has 6 unspecified atom stereocenters. The van der Waals surface area contributed by atoms with Crippen LogP contribution in [0, 0.1) is 0 Å². The standard InChI is InChI=1S/C13H21ClN5O13P3/c1-26-34(24,27-2)32-35(25,28-3)31-33(22,23)29-4-6-9(20)7(14)12(30-6)19-5-16-8-10(19)17-13(15)18-11(8)21/h5-7,9,12,20H,4H2,1-3H3,(H,22,23)(H3,15,17,18,21). The molecule has 3 rings (SSSR count). The first-order chi connectivity index (χ1) is 16.3. The molecule has 0 aromatic carbocycles. The number of imidazole rings is 1. The molecule has 0 bridgehead atoms. The Balaban J connectivity index is 1.72. The summed E-state index contributed by atoms with van der Waals surface area (Å²) in [6.45, 7) is -0.812. The van der Waals surface area contributed by atoms with Crippen LogP contribution >= 0.6 is 35.1 Å². The van der Waals surface area contributed by atoms with E-state index < -0.39 is 59.4 Å². The number of H-pyrrole nitrogens is 1. The van der Waals surface area contributed by atoms with Gasteiger partial charge in [-0.15, -0.1) is 11.6 Å². The number of fused-ring (bicyclic) bond motifs is 1. The molecule has 6 atom stereocenters. The molecule has 22 heteroatoms. The molecule has 1 aliphatic heterocycles. The first-order valence-electron chi connectivity index (χ1n) is 9.24. The Morgan fingerprint density at radius 3 is 2.43 bits per heavy atom. The highest BCUT2D eigenvalue weighted by molar-refractivity contribution is 7.67. The number of ether oxygens (including phenoxy) is 1. The van der Waals surface area contributed by atoms with Crippen LogP contribution in [0.25, 0.3) is 11.2 Å². The number of anilines is 1. The lowest BCUT2D eigenvalue weighted by Gasteiger charge is -2.22. The minimum absolute atomic E-state index is 0.00530. The third-order valence-corrected chi connectivity index (χ3v) is 10.0. The number of phosphoric acid groups is 3. The normalized spacial score (nSPS) is 26.6. The number of aliphatic hydroxyl groups is 1. The lowest BCUT2D eigenvalue weighted by Crippen LogP contribution is -2.30. The van der Waals surface area contributed by atoms with Crippen LogP contribution in [0.15, 0.2) is 11.1 Å². The van der Waals surface area contributed by atoms with Gasteiger partial charge in [0.1, 0.15) is 17.6 Å². The molecule has 1 saturated heterocycles. The molecule has 0 aliphatic carbocycles. The number of nitrogen functional groups attached to an aromatic ring is 1. The number of halogens is 1. The maximum absolute atomic E-state index is 12.5. The van der Waals surface area contributed by atoms with E-state index in [2.05, 4.69) is 37.1 Å². The van der Waals surface area contributed by atoms with Crippen molar-refractivity contribution >= 4 is 52.2 Å². The summed E-state index contributed by atoms with van der Waals surface area (Å²) in [7, 11) is -12.2. The summed E-state index contributed by atoms with van der Waals surface area (Å²) in [5, 5.41) is 9.27. The Bertz CT molecular complexity index is 1260. The van der Waals surface area contributed by atoms with Crippen LogP contribution in [-0.2, 0) is 45.1 Å². The summed E-state index contributed by atoms with van der Waals surface area (Å²) < 4.78 is 70.5. The van der Waals surface area contributed by atoms with E-state index in [0.717, 1.165) is 21.3 Å². The maximum atomic E-state index is 12.5. The average Bonchev–Trinajstić information content (AvgIpc) is 3.33. The van der Waals surface area contributed by atoms with Crippen molar-refractivity contribution in [2.24, 2.45) is 0 Å². The van der Waals surface area contributed by atoms with Gasteiger partial charge in [-0.2, -0.15) is 13.6 Å². The van der Waals surface area contributed by atoms with Gasteiger partial charge in [-0.1, -0.05) is 0 Å². The van der Waals surface area contributed by atoms with Crippen molar-refractivity contribution in [3.8, 4) is 0 Å². The zero-order valence-corrected chi connectivity index (χ0v) is 21.6. The third-order valence-electron chi connectivity index (χ3n) is 4.49. The Hall–Kier alpha value is -1.23. The molecule has 2 aromatic heterocycles. The van der Waals surface area contributed by atoms with Crippen LogP contribution in [0.5, 0.6) is 0 Å². The molecule has 35 heavy (non-hydrogen) atoms. The smallest absolute Gasteiger partial charge is 0.389 e. The van der Waals surface area contributed by atoms with Gasteiger partial charge in [-0.25, -0.2) is 18.7 Å². The molecule has 198 valence electrons. The third kappa shape index (κ3) is 6.19. The van der Waals surface area contributed by atoms with Gasteiger partial charge >= 0.3 is 23.5 Å². The average molecular weight is 584 g/mol. The minimum atomic E-state index is -5.24. The van der Waals surface area contributed by atoms with E-state index in [-0.39, 0.29) is 17.1 Å². The quantitative estimate of drug-likeness (QED) is 0.211. The van der Waals surface area contributed by atoms with Crippen molar-refractivity contribution in [3.63, 3.8) is 0 Å². The number of aromatic amines is 1. The van der Waals surface area contributed by atoms with Crippen molar-refractivity contribution in [2.45, 2.75) is 23.8 Å². The van der Waals surface area contributed by atoms with Crippen molar-refractivity contribution in [1.29, 1.82) is 0 Å². The summed E-state index contributed by atoms with van der Waals surface area (Å²) in [6, 6.07) is 0. The number of nitrogens with zero attached hydrogens (tertiary/aromatic N) is 3. The number of hydrogen-bond acceptors (Lipinski definition) is 15. The Labute approximate surface area is 201 Å². The van der Waals surface area contributed by atoms with Crippen LogP contribution in [-0.4, -0.2) is 75.0 Å². The van der Waals surface area contributed by atoms with Crippen LogP contribution in [0.3, 0.4) is 0 Å². The van der Waals surface area contributed by atoms with Crippen LogP contribution in [0.2, 0.25) is 0 Å². The van der Waals surface area contributed by atoms with Gasteiger partial charge in [0.2, 0.25) is 5.95 Å². The fourth-order valence-corrected chi connectivity index (χ4v) is 7.32. The van der Waals surface area contributed by atoms with Crippen molar-refractivity contribution in [2.75, 3.05) is 33.7 Å². The van der Waals surface area contributed by atoms with Gasteiger partial charge in [0.05, 0.1) is 12.9 Å². The molecule has 1 aliphatic rings. The fraction of sp³-hybridized carbons (Fsp3) is 0.615. The van der Waals surface area contributed by atoms with Gasteiger partial charge in [0.25, 0.3) is 5.56 Å². The largest absolute Gasteiger partial charge is 0.492 e. The molecule has 0 saturated carbocycles. The number of hydrogen-bond donors (Lipinski definition) is 4. The van der Waals surface area contributed by atoms with E-state index in [1.54, 1.807) is 0 Å². The lowest BCUT2D eigenvalue weighted by atomic mass is 10.2. The highest BCUT2D eigenvalue weighted by Crippen LogP contribution is 2.71. The molecule has 0 amide bonds. The minimum Gasteiger partial charge on any atom is -0.389 e. The first-order valence-corrected chi connectivity index (χ1v) is 14.1. The maximum Gasteiger partial charge on any atom is 0.492 e. The fourth-order valence-electron chi connectivity index (χ4n) is 2.86. The molecule has 1 fully saturated rings. The van der Waals surface area contributed by atoms with Gasteiger partial charge in [-0.05, 0) is 0 Å². The molecule has 0 radical (unpaired) electrons. The Morgan fingerprint density at radius 1 is 1.20 bits per heavy atom. The second-order valence-corrected chi connectivity index (χ2v) is 12.5. The summed E-state index contributed by atoms with van der Waals surface area (Å²) in [4.78, 5) is 32.1. The lowest BCUT2D eigenvalue weighted by molar-refractivity contribution is -0.0423. The topological polar surface area (TPSA) is 246 Å². The SMILES string of the molecule is COP(=O)(OC)OP(=O)(OC)OP(=O)(O)OCC1OC(n2cnc3c(=O)[nH]c(N)nc32)C(Cl)C1O. The summed E-state index contributed by atoms with van der Waals surface area (Å²) >= 11 is 6.25. The van der Waals surface area contributed by atoms with E-state index in [0.29, 0.717) is 0 Å². The van der Waals surface area contributed by atoms with Crippen molar-refractivity contribution < 1.29 is 55.1 Å². The first kappa shape index (κ1) is 28.3. The number of aromatic nitrogens is 4. The van der Waals surface area contributed by atoms with E-state index in [9.17, 15) is 28.5 Å². The van der Waals surface area contributed by atoms with Crippen molar-refractivity contribution in [3.05, 3.63) is 16.7 Å². The Kier molecular flexibility index (Phi) is 8.61. The second-order valence-electron chi connectivity index (χ2n) is 6.65. The molecule has 5 N–H and O–H groups in total. The van der Waals surface area contributed by atoms with E-state index in [4.69, 9.17) is 26.6 Å². The molecule has 18 nitrogen and oxygen atoms in total. The van der Waals surface area contributed by atoms with Crippen LogP contribution in [0.4, 0.5) is 5.95 Å². The number of rotatable bonds is 11. The summed E-state index contributed by atoms with van der Waals surface area (Å²) in [6.07, 6.45) is -2.76. The summed E-state index contributed by atoms with van der Waals surface area (Å²) in [5.41, 5.74) is 4.86. The van der Waals surface area contributed by atoms with E-state index in [1.807, 2.05) is 0 Å². The van der Waals surface area contributed by atoms with E-state index >= 15 is 0 Å². The van der Waals surface area contributed by atoms with E-state index in [1.165, 1.54) is 10.9 Å². The second kappa shape index (κ2) is 10.6.